The van der Waals surface area contributed by atoms with Crippen molar-refractivity contribution in [3.63, 3.8) is 0 Å². The number of carbonyl (C=O) groups excluding carboxylic acids is 3. The monoisotopic (exact) mass is 243 g/mol. The van der Waals surface area contributed by atoms with Crippen molar-refractivity contribution in [3.05, 3.63) is 0 Å². The average Bonchev–Trinajstić information content (AvgIpc) is 2.62. The summed E-state index contributed by atoms with van der Waals surface area (Å²) in [6.07, 6.45) is 1.14. The summed E-state index contributed by atoms with van der Waals surface area (Å²) >= 11 is 0. The van der Waals surface area contributed by atoms with E-state index in [4.69, 9.17) is 4.74 Å². The Bertz CT molecular complexity index is 290. The molecule has 0 bridgehead atoms. The van der Waals surface area contributed by atoms with E-state index in [2.05, 4.69) is 16.2 Å². The summed E-state index contributed by atoms with van der Waals surface area (Å²) in [5, 5.41) is 2.69. The van der Waals surface area contributed by atoms with Crippen LogP contribution in [0.2, 0.25) is 0 Å². The fourth-order valence-corrected chi connectivity index (χ4v) is 1.49. The van der Waals surface area contributed by atoms with E-state index < -0.39 is 5.92 Å². The van der Waals surface area contributed by atoms with Crippen LogP contribution in [0.4, 0.5) is 0 Å². The van der Waals surface area contributed by atoms with E-state index in [0.29, 0.717) is 13.2 Å². The topological polar surface area (TPSA) is 96.5 Å². The van der Waals surface area contributed by atoms with E-state index >= 15 is 0 Å². The summed E-state index contributed by atoms with van der Waals surface area (Å²) < 4.78 is 4.84. The Morgan fingerprint density at radius 1 is 1.35 bits per heavy atom. The molecule has 3 N–H and O–H groups in total. The molecule has 1 rings (SSSR count). The van der Waals surface area contributed by atoms with E-state index in [1.165, 1.54) is 0 Å². The van der Waals surface area contributed by atoms with Gasteiger partial charge in [-0.05, 0) is 12.8 Å². The van der Waals surface area contributed by atoms with Crippen LogP contribution in [0.5, 0.6) is 0 Å². The second-order valence-corrected chi connectivity index (χ2v) is 3.77. The van der Waals surface area contributed by atoms with Gasteiger partial charge in [0.25, 0.3) is 11.8 Å². The van der Waals surface area contributed by atoms with Crippen LogP contribution < -0.4 is 16.2 Å². The highest BCUT2D eigenvalue weighted by molar-refractivity contribution is 6.05. The first-order chi connectivity index (χ1) is 8.15. The molecule has 17 heavy (non-hydrogen) atoms. The minimum absolute atomic E-state index is 0.159. The second-order valence-electron chi connectivity index (χ2n) is 3.77. The third kappa shape index (κ3) is 4.39. The maximum Gasteiger partial charge on any atom is 0.251 e. The van der Waals surface area contributed by atoms with Crippen LogP contribution in [0, 0.1) is 5.92 Å². The largest absolute Gasteiger partial charge is 0.385 e. The summed E-state index contributed by atoms with van der Waals surface area (Å²) in [5.74, 6) is -1.65. The molecule has 0 atom stereocenters. The van der Waals surface area contributed by atoms with E-state index in [1.54, 1.807) is 7.11 Å². The molecule has 0 spiro atoms. The molecule has 3 amide bonds. The van der Waals surface area contributed by atoms with E-state index in [1.807, 2.05) is 0 Å². The van der Waals surface area contributed by atoms with Crippen LogP contribution in [0.15, 0.2) is 0 Å². The van der Waals surface area contributed by atoms with Crippen molar-refractivity contribution in [2.24, 2.45) is 5.92 Å². The number of rotatable bonds is 7. The highest BCUT2D eigenvalue weighted by atomic mass is 16.5. The number of nitrogens with one attached hydrogen (secondary N) is 3. The van der Waals surface area contributed by atoms with Crippen LogP contribution >= 0.6 is 0 Å². The summed E-state index contributed by atoms with van der Waals surface area (Å²) in [6.45, 7) is 1.13. The zero-order valence-corrected chi connectivity index (χ0v) is 9.75. The molecule has 0 aromatic heterocycles. The lowest BCUT2D eigenvalue weighted by Crippen LogP contribution is -2.28. The predicted molar refractivity (Wildman–Crippen MR) is 58.5 cm³/mol. The maximum absolute atomic E-state index is 11.4. The van der Waals surface area contributed by atoms with Crippen molar-refractivity contribution in [2.45, 2.75) is 19.3 Å². The summed E-state index contributed by atoms with van der Waals surface area (Å²) in [7, 11) is 1.60. The number of ether oxygens (including phenoxy) is 1. The van der Waals surface area contributed by atoms with Gasteiger partial charge in [0, 0.05) is 26.7 Å². The van der Waals surface area contributed by atoms with Crippen molar-refractivity contribution in [1.29, 1.82) is 0 Å². The van der Waals surface area contributed by atoms with E-state index in [0.717, 1.165) is 6.42 Å². The third-order valence-corrected chi connectivity index (χ3v) is 2.45. The molecule has 7 heteroatoms. The van der Waals surface area contributed by atoms with Gasteiger partial charge in [0.05, 0.1) is 0 Å². The van der Waals surface area contributed by atoms with Gasteiger partial charge >= 0.3 is 0 Å². The normalized spacial score (nSPS) is 15.6. The molecule has 1 aliphatic rings. The molecule has 0 aromatic rings. The highest BCUT2D eigenvalue weighted by Crippen LogP contribution is 2.10. The molecule has 1 heterocycles. The minimum atomic E-state index is -0.750. The Morgan fingerprint density at radius 2 is 2.00 bits per heavy atom. The standard InChI is InChI=1S/C10H17N3O4/c1-17-6-2-5-11-8(14)4-3-7-9(15)12-13-10(7)16/h7H,2-6H2,1H3,(H,11,14)(H,12,15)(H,13,16). The van der Waals surface area contributed by atoms with Gasteiger partial charge < -0.3 is 10.1 Å². The molecular formula is C10H17N3O4. The summed E-state index contributed by atoms with van der Waals surface area (Å²) in [4.78, 5) is 33.7. The Morgan fingerprint density at radius 3 is 2.59 bits per heavy atom. The maximum atomic E-state index is 11.4. The van der Waals surface area contributed by atoms with Crippen LogP contribution in [0.25, 0.3) is 0 Å². The minimum Gasteiger partial charge on any atom is -0.385 e. The first kappa shape index (κ1) is 13.4. The van der Waals surface area contributed by atoms with Crippen LogP contribution in [-0.2, 0) is 19.1 Å². The number of hydrazine groups is 1. The molecular weight excluding hydrogens is 226 g/mol. The first-order valence-corrected chi connectivity index (χ1v) is 5.50. The van der Waals surface area contributed by atoms with Gasteiger partial charge in [0.15, 0.2) is 0 Å². The number of amides is 3. The second kappa shape index (κ2) is 6.85. The zero-order valence-electron chi connectivity index (χ0n) is 9.75. The Labute approximate surface area is 99.2 Å². The van der Waals surface area contributed by atoms with Gasteiger partial charge in [-0.1, -0.05) is 0 Å². The van der Waals surface area contributed by atoms with Gasteiger partial charge in [-0.25, -0.2) is 0 Å². The zero-order chi connectivity index (χ0) is 12.7. The van der Waals surface area contributed by atoms with Gasteiger partial charge in [0.2, 0.25) is 5.91 Å². The van der Waals surface area contributed by atoms with Crippen molar-refractivity contribution in [3.8, 4) is 0 Å². The molecule has 0 saturated carbocycles. The van der Waals surface area contributed by atoms with Crippen LogP contribution in [0.1, 0.15) is 19.3 Å². The Kier molecular flexibility index (Phi) is 5.41. The highest BCUT2D eigenvalue weighted by Gasteiger charge is 2.32. The van der Waals surface area contributed by atoms with Crippen LogP contribution in [0.3, 0.4) is 0 Å². The molecule has 1 fully saturated rings. The van der Waals surface area contributed by atoms with E-state index in [9.17, 15) is 14.4 Å². The van der Waals surface area contributed by atoms with Gasteiger partial charge in [-0.15, -0.1) is 0 Å². The lowest BCUT2D eigenvalue weighted by molar-refractivity contribution is -0.128. The molecule has 7 nitrogen and oxygen atoms in total. The molecule has 0 unspecified atom stereocenters. The molecule has 0 aromatic carbocycles. The van der Waals surface area contributed by atoms with Crippen molar-refractivity contribution < 1.29 is 19.1 Å². The number of hydrogen-bond acceptors (Lipinski definition) is 4. The van der Waals surface area contributed by atoms with Gasteiger partial charge in [-0.2, -0.15) is 0 Å². The van der Waals surface area contributed by atoms with Crippen molar-refractivity contribution in [1.82, 2.24) is 16.2 Å². The summed E-state index contributed by atoms with van der Waals surface area (Å²) in [5.41, 5.74) is 4.43. The molecule has 1 aliphatic heterocycles. The first-order valence-electron chi connectivity index (χ1n) is 5.50. The fourth-order valence-electron chi connectivity index (χ4n) is 1.49. The van der Waals surface area contributed by atoms with Crippen molar-refractivity contribution in [2.75, 3.05) is 20.3 Å². The average molecular weight is 243 g/mol. The third-order valence-electron chi connectivity index (χ3n) is 2.45. The number of carbonyl (C=O) groups is 3. The van der Waals surface area contributed by atoms with Gasteiger partial charge in [-0.3, -0.25) is 25.2 Å². The van der Waals surface area contributed by atoms with Crippen molar-refractivity contribution >= 4 is 17.7 Å². The predicted octanol–water partition coefficient (Wildman–Crippen LogP) is -1.30. The lowest BCUT2D eigenvalue weighted by Gasteiger charge is -2.06. The van der Waals surface area contributed by atoms with E-state index in [-0.39, 0.29) is 30.6 Å². The Balaban J connectivity index is 2.15. The summed E-state index contributed by atoms with van der Waals surface area (Å²) in [6, 6.07) is 0. The Hall–Kier alpha value is -1.63. The molecule has 0 radical (unpaired) electrons. The molecule has 0 aliphatic carbocycles. The molecule has 1 saturated heterocycles. The van der Waals surface area contributed by atoms with Crippen LogP contribution in [-0.4, -0.2) is 38.0 Å². The molecule has 96 valence electrons. The SMILES string of the molecule is COCCCNC(=O)CCC1C(=O)NNC1=O. The van der Waals surface area contributed by atoms with Gasteiger partial charge in [0.1, 0.15) is 5.92 Å². The quantitative estimate of drug-likeness (QED) is 0.382. The lowest BCUT2D eigenvalue weighted by atomic mass is 10.0. The fraction of sp³-hybridized carbons (Fsp3) is 0.700. The number of hydrogen-bond donors (Lipinski definition) is 3. The smallest absolute Gasteiger partial charge is 0.251 e. The number of methoxy groups -OCH3 is 1.